The van der Waals surface area contributed by atoms with Gasteiger partial charge in [0.2, 0.25) is 0 Å². The van der Waals surface area contributed by atoms with Gasteiger partial charge in [-0.05, 0) is 69.4 Å². The minimum Gasteiger partial charge on any atom is -0.483 e. The lowest BCUT2D eigenvalue weighted by molar-refractivity contribution is -0.157. The Morgan fingerprint density at radius 2 is 1.92 bits per heavy atom. The molecule has 1 aromatic rings. The topological polar surface area (TPSA) is 184 Å². The molecule has 0 radical (unpaired) electrons. The Morgan fingerprint density at radius 3 is 2.51 bits per heavy atom. The molecule has 12 nitrogen and oxygen atoms in total. The second-order valence-electron chi connectivity index (χ2n) is 14.3. The summed E-state index contributed by atoms with van der Waals surface area (Å²) in [6.07, 6.45) is 5.69. The van der Waals surface area contributed by atoms with E-state index < -0.39 is 59.2 Å². The summed E-state index contributed by atoms with van der Waals surface area (Å²) in [5.41, 5.74) is -1.63. The van der Waals surface area contributed by atoms with Gasteiger partial charge >= 0.3 is 11.9 Å². The highest BCUT2D eigenvalue weighted by Crippen LogP contribution is 2.39. The van der Waals surface area contributed by atoms with Crippen LogP contribution in [-0.2, 0) is 39.9 Å². The van der Waals surface area contributed by atoms with Crippen molar-refractivity contribution in [3.8, 4) is 0 Å². The van der Waals surface area contributed by atoms with Gasteiger partial charge in [-0.1, -0.05) is 62.7 Å². The summed E-state index contributed by atoms with van der Waals surface area (Å²) in [6.45, 7) is 12.1. The molecule has 53 heavy (non-hydrogen) atoms. The molecule has 298 valence electrons. The van der Waals surface area contributed by atoms with E-state index >= 15 is 0 Å². The molecule has 2 heterocycles. The minimum absolute atomic E-state index is 0.0243. The first-order valence-corrected chi connectivity index (χ1v) is 18.2. The molecule has 0 spiro atoms. The number of carboxylic acid groups (broad SMARTS) is 1. The number of esters is 2. The van der Waals surface area contributed by atoms with E-state index in [2.05, 4.69) is 12.2 Å². The SMILES string of the molecule is CC[C@H](OC)[C@@H](C)[C@H]1O[C@@H]1C(NCc1ccc(Cl)c(F)c1)C(C)(O)/C=C/C=C(\C)[C@@H]1OC(=O)C[C@H](O)CC[C@@](C)(O)[C@@H](OC(C)=O)/C=C/[C@@H]1C.O=CO. The van der Waals surface area contributed by atoms with Gasteiger partial charge in [0.15, 0.2) is 0 Å². The molecule has 1 aromatic carbocycles. The predicted octanol–water partition coefficient (Wildman–Crippen LogP) is 5.05. The van der Waals surface area contributed by atoms with Crippen molar-refractivity contribution in [2.24, 2.45) is 11.8 Å². The van der Waals surface area contributed by atoms with Gasteiger partial charge in [-0.15, -0.1) is 0 Å². The Balaban J connectivity index is 0.00000313. The number of carbonyl (C=O) groups excluding carboxylic acids is 2. The number of benzene rings is 1. The van der Waals surface area contributed by atoms with Crippen molar-refractivity contribution >= 4 is 30.0 Å². The molecule has 1 fully saturated rings. The summed E-state index contributed by atoms with van der Waals surface area (Å²) in [5, 5.41) is 43.7. The molecule has 0 aliphatic carbocycles. The Morgan fingerprint density at radius 1 is 1.26 bits per heavy atom. The van der Waals surface area contributed by atoms with Crippen LogP contribution in [0.4, 0.5) is 4.39 Å². The van der Waals surface area contributed by atoms with Gasteiger partial charge in [-0.3, -0.25) is 14.4 Å². The van der Waals surface area contributed by atoms with E-state index in [1.54, 1.807) is 57.4 Å². The largest absolute Gasteiger partial charge is 0.483 e. The van der Waals surface area contributed by atoms with Crippen LogP contribution >= 0.6 is 11.6 Å². The molecule has 14 heteroatoms. The van der Waals surface area contributed by atoms with Crippen LogP contribution in [0.1, 0.15) is 79.7 Å². The minimum atomic E-state index is -1.48. The first-order valence-electron chi connectivity index (χ1n) is 17.8. The predicted molar refractivity (Wildman–Crippen MR) is 197 cm³/mol. The van der Waals surface area contributed by atoms with Crippen LogP contribution in [0.2, 0.25) is 5.02 Å². The molecule has 0 bridgehead atoms. The number of aliphatic hydroxyl groups is 3. The van der Waals surface area contributed by atoms with Gasteiger partial charge < -0.3 is 44.7 Å². The second-order valence-corrected chi connectivity index (χ2v) is 14.7. The third kappa shape index (κ3) is 14.2. The zero-order chi connectivity index (χ0) is 40.1. The Hall–Kier alpha value is -3.17. The number of methoxy groups -OCH3 is 1. The fourth-order valence-corrected chi connectivity index (χ4v) is 6.67. The standard InChI is InChI=1S/C38H55ClFNO9.CH2O2/c1-9-30(47-8)24(4)34-35(50-34)36(41-21-26-13-14-28(39)29(40)19-26)38(7,46)17-10-11-22(2)33-23(3)12-15-31(48-25(5)42)37(6,45)18-16-27(43)20-32(44)49-33;2-1-3/h10-15,17,19,23-24,27,30-31,33-36,41,43,45-46H,9,16,18,20-21H2,1-8H3;1H,(H,2,3)/b15-12+,17-10+,22-11+;/t23-,24+,27+,30-,31-,33-,34+,35-,36?,37+,38?;/m0./s1. The molecule has 5 N–H and O–H groups in total. The van der Waals surface area contributed by atoms with Crippen LogP contribution in [0.5, 0.6) is 0 Å². The van der Waals surface area contributed by atoms with E-state index in [0.29, 0.717) is 11.1 Å². The molecule has 0 amide bonds. The smallest absolute Gasteiger partial charge is 0.309 e. The summed E-state index contributed by atoms with van der Waals surface area (Å²) in [4.78, 5) is 33.0. The van der Waals surface area contributed by atoms with E-state index in [0.717, 1.165) is 6.42 Å². The first kappa shape index (κ1) is 46.0. The molecule has 2 aliphatic rings. The molecule has 2 unspecified atom stereocenters. The van der Waals surface area contributed by atoms with Crippen molar-refractivity contribution in [1.82, 2.24) is 5.32 Å². The number of hydrogen-bond donors (Lipinski definition) is 5. The number of ether oxygens (including phenoxy) is 4. The van der Waals surface area contributed by atoms with Crippen molar-refractivity contribution in [3.05, 3.63) is 70.6 Å². The van der Waals surface area contributed by atoms with E-state index in [9.17, 15) is 29.3 Å². The van der Waals surface area contributed by atoms with Gasteiger partial charge in [0.1, 0.15) is 29.7 Å². The van der Waals surface area contributed by atoms with Crippen LogP contribution in [0.25, 0.3) is 0 Å². The van der Waals surface area contributed by atoms with Crippen LogP contribution in [0.15, 0.2) is 54.2 Å². The van der Waals surface area contributed by atoms with Crippen molar-refractivity contribution < 1.29 is 58.1 Å². The number of epoxide rings is 1. The van der Waals surface area contributed by atoms with Crippen LogP contribution < -0.4 is 5.32 Å². The molecular weight excluding hydrogens is 713 g/mol. The normalized spacial score (nSPS) is 30.2. The maximum Gasteiger partial charge on any atom is 0.309 e. The summed E-state index contributed by atoms with van der Waals surface area (Å²) < 4.78 is 37.2. The molecule has 11 atom stereocenters. The van der Waals surface area contributed by atoms with Gasteiger partial charge in [0, 0.05) is 32.4 Å². The van der Waals surface area contributed by atoms with Gasteiger partial charge in [0.05, 0.1) is 41.4 Å². The number of hydrogen-bond acceptors (Lipinski definition) is 11. The summed E-state index contributed by atoms with van der Waals surface area (Å²) in [5.74, 6) is -2.06. The number of aliphatic hydroxyl groups excluding tert-OH is 1. The number of cyclic esters (lactones) is 1. The summed E-state index contributed by atoms with van der Waals surface area (Å²) in [6, 6.07) is 3.96. The summed E-state index contributed by atoms with van der Waals surface area (Å²) in [7, 11) is 1.67. The average molecular weight is 770 g/mol. The van der Waals surface area contributed by atoms with Gasteiger partial charge in [0.25, 0.3) is 6.47 Å². The van der Waals surface area contributed by atoms with Crippen LogP contribution in [0.3, 0.4) is 0 Å². The lowest BCUT2D eigenvalue weighted by Crippen LogP contribution is -2.52. The van der Waals surface area contributed by atoms with Crippen LogP contribution in [0, 0.1) is 17.7 Å². The number of nitrogens with one attached hydrogen (secondary N) is 1. The van der Waals surface area contributed by atoms with Crippen molar-refractivity contribution in [1.29, 1.82) is 0 Å². The lowest BCUT2D eigenvalue weighted by atomic mass is 9.87. The monoisotopic (exact) mass is 769 g/mol. The third-order valence-corrected chi connectivity index (χ3v) is 10.0. The summed E-state index contributed by atoms with van der Waals surface area (Å²) >= 11 is 5.88. The first-order chi connectivity index (χ1) is 24.8. The number of allylic oxidation sites excluding steroid dienone is 2. The van der Waals surface area contributed by atoms with E-state index in [-0.39, 0.29) is 61.5 Å². The zero-order valence-corrected chi connectivity index (χ0v) is 32.6. The Bertz CT molecular complexity index is 1440. The molecular formula is C39H57ClFNO11. The molecule has 0 saturated carbocycles. The highest BCUT2D eigenvalue weighted by Gasteiger charge is 2.54. The molecule has 2 aliphatic heterocycles. The van der Waals surface area contributed by atoms with Gasteiger partial charge in [-0.25, -0.2) is 4.39 Å². The number of carbonyl (C=O) groups is 3. The van der Waals surface area contributed by atoms with Gasteiger partial charge in [-0.2, -0.15) is 0 Å². The van der Waals surface area contributed by atoms with Crippen LogP contribution in [-0.4, -0.2) is 99.8 Å². The quantitative estimate of drug-likeness (QED) is 0.0593. The van der Waals surface area contributed by atoms with Crippen molar-refractivity contribution in [2.45, 2.75) is 135 Å². The highest BCUT2D eigenvalue weighted by atomic mass is 35.5. The lowest BCUT2D eigenvalue weighted by Gasteiger charge is -2.32. The Labute approximate surface area is 317 Å². The molecule has 1 saturated heterocycles. The highest BCUT2D eigenvalue weighted by molar-refractivity contribution is 6.30. The van der Waals surface area contributed by atoms with Crippen molar-refractivity contribution in [2.75, 3.05) is 7.11 Å². The molecule has 3 rings (SSSR count). The van der Waals surface area contributed by atoms with E-state index in [4.69, 9.17) is 40.4 Å². The maximum absolute atomic E-state index is 14.2. The molecule has 0 aromatic heterocycles. The average Bonchev–Trinajstić information content (AvgIpc) is 3.86. The fraction of sp³-hybridized carbons (Fsp3) is 0.615. The maximum atomic E-state index is 14.2. The number of halogens is 2. The van der Waals surface area contributed by atoms with E-state index in [1.165, 1.54) is 26.0 Å². The number of rotatable bonds is 13. The third-order valence-electron chi connectivity index (χ3n) is 9.70. The van der Waals surface area contributed by atoms with Crippen molar-refractivity contribution in [3.63, 3.8) is 0 Å². The second kappa shape index (κ2) is 21.1. The Kier molecular flexibility index (Phi) is 18.3. The van der Waals surface area contributed by atoms with E-state index in [1.807, 2.05) is 13.8 Å². The fourth-order valence-electron chi connectivity index (χ4n) is 6.55. The zero-order valence-electron chi connectivity index (χ0n) is 31.8.